The molecular weight excluding hydrogens is 449 g/mol. The van der Waals surface area contributed by atoms with Crippen LogP contribution in [0.4, 0.5) is 4.39 Å². The first-order valence-electron chi connectivity index (χ1n) is 9.92. The molecule has 0 fully saturated rings. The Morgan fingerprint density at radius 3 is 1.76 bits per heavy atom. The number of halogens is 1. The summed E-state index contributed by atoms with van der Waals surface area (Å²) in [6.07, 6.45) is 0.965. The molecule has 0 spiro atoms. The Kier molecular flexibility index (Phi) is 7.55. The summed E-state index contributed by atoms with van der Waals surface area (Å²) in [5.74, 6) is 0.474. The Labute approximate surface area is 192 Å². The van der Waals surface area contributed by atoms with Crippen LogP contribution in [-0.4, -0.2) is 39.7 Å². The summed E-state index contributed by atoms with van der Waals surface area (Å²) in [6, 6.07) is 17.2. The SMILES string of the molecule is COc1cc(OC)cc(C(=O)N(Cc2ccc(F)cc2)Cc2ccc(OS(C)(=O)=O)cc2)c1. The fourth-order valence-corrected chi connectivity index (χ4v) is 3.63. The fourth-order valence-electron chi connectivity index (χ4n) is 3.17. The maximum absolute atomic E-state index is 13.4. The van der Waals surface area contributed by atoms with Crippen LogP contribution in [0, 0.1) is 5.82 Å². The molecule has 0 aliphatic carbocycles. The smallest absolute Gasteiger partial charge is 0.306 e. The molecule has 0 aromatic heterocycles. The lowest BCUT2D eigenvalue weighted by Crippen LogP contribution is -2.30. The molecule has 0 unspecified atom stereocenters. The molecule has 0 aliphatic heterocycles. The van der Waals surface area contributed by atoms with Crippen LogP contribution in [0.25, 0.3) is 0 Å². The number of hydrogen-bond acceptors (Lipinski definition) is 6. The number of rotatable bonds is 9. The van der Waals surface area contributed by atoms with E-state index < -0.39 is 10.1 Å². The highest BCUT2D eigenvalue weighted by Gasteiger charge is 2.19. The summed E-state index contributed by atoms with van der Waals surface area (Å²) in [4.78, 5) is 15.0. The molecule has 0 saturated heterocycles. The Balaban J connectivity index is 1.90. The minimum absolute atomic E-state index is 0.176. The number of ether oxygens (including phenoxy) is 2. The van der Waals surface area contributed by atoms with E-state index >= 15 is 0 Å². The second-order valence-electron chi connectivity index (χ2n) is 7.32. The number of methoxy groups -OCH3 is 2. The summed E-state index contributed by atoms with van der Waals surface area (Å²) in [5.41, 5.74) is 1.86. The van der Waals surface area contributed by atoms with Crippen LogP contribution in [-0.2, 0) is 23.2 Å². The van der Waals surface area contributed by atoms with E-state index in [2.05, 4.69) is 0 Å². The van der Waals surface area contributed by atoms with Crippen LogP contribution in [0.1, 0.15) is 21.5 Å². The standard InChI is InChI=1S/C24H24FNO6S/c1-30-22-12-19(13-23(14-22)31-2)24(27)26(15-17-4-8-20(25)9-5-17)16-18-6-10-21(11-7-18)32-33(3,28)29/h4-14H,15-16H2,1-3H3. The first-order valence-corrected chi connectivity index (χ1v) is 11.7. The topological polar surface area (TPSA) is 82.1 Å². The molecule has 0 atom stereocenters. The van der Waals surface area contributed by atoms with E-state index in [1.165, 1.54) is 38.5 Å². The van der Waals surface area contributed by atoms with Crippen molar-refractivity contribution in [1.82, 2.24) is 4.90 Å². The zero-order valence-electron chi connectivity index (χ0n) is 18.4. The average Bonchev–Trinajstić information content (AvgIpc) is 2.79. The minimum Gasteiger partial charge on any atom is -0.497 e. The van der Waals surface area contributed by atoms with Gasteiger partial charge in [-0.25, -0.2) is 4.39 Å². The van der Waals surface area contributed by atoms with E-state index in [1.807, 2.05) is 0 Å². The number of benzene rings is 3. The zero-order valence-corrected chi connectivity index (χ0v) is 19.3. The van der Waals surface area contributed by atoms with Crippen LogP contribution in [0.5, 0.6) is 17.2 Å². The van der Waals surface area contributed by atoms with Crippen LogP contribution in [0.2, 0.25) is 0 Å². The van der Waals surface area contributed by atoms with Crippen molar-refractivity contribution in [2.45, 2.75) is 13.1 Å². The highest BCUT2D eigenvalue weighted by Crippen LogP contribution is 2.25. The van der Waals surface area contributed by atoms with Gasteiger partial charge in [0.2, 0.25) is 0 Å². The van der Waals surface area contributed by atoms with Crippen LogP contribution >= 0.6 is 0 Å². The normalized spacial score (nSPS) is 11.0. The van der Waals surface area contributed by atoms with E-state index in [0.29, 0.717) is 17.1 Å². The van der Waals surface area contributed by atoms with Gasteiger partial charge in [0, 0.05) is 24.7 Å². The van der Waals surface area contributed by atoms with Gasteiger partial charge in [0.25, 0.3) is 5.91 Å². The predicted molar refractivity (Wildman–Crippen MR) is 121 cm³/mol. The van der Waals surface area contributed by atoms with Crippen molar-refractivity contribution in [3.8, 4) is 17.2 Å². The predicted octanol–water partition coefficient (Wildman–Crippen LogP) is 4.02. The van der Waals surface area contributed by atoms with E-state index in [-0.39, 0.29) is 30.6 Å². The Morgan fingerprint density at radius 2 is 1.30 bits per heavy atom. The second kappa shape index (κ2) is 10.4. The third-order valence-corrected chi connectivity index (χ3v) is 5.21. The molecule has 0 saturated carbocycles. The largest absolute Gasteiger partial charge is 0.497 e. The van der Waals surface area contributed by atoms with Crippen LogP contribution < -0.4 is 13.7 Å². The van der Waals surface area contributed by atoms with E-state index in [0.717, 1.165) is 17.4 Å². The van der Waals surface area contributed by atoms with Gasteiger partial charge in [0.05, 0.1) is 20.5 Å². The van der Waals surface area contributed by atoms with Gasteiger partial charge in [0.15, 0.2) is 0 Å². The van der Waals surface area contributed by atoms with Gasteiger partial charge in [-0.15, -0.1) is 0 Å². The molecule has 7 nitrogen and oxygen atoms in total. The maximum atomic E-state index is 13.4. The minimum atomic E-state index is -3.64. The van der Waals surface area contributed by atoms with Crippen molar-refractivity contribution >= 4 is 16.0 Å². The van der Waals surface area contributed by atoms with Gasteiger partial charge >= 0.3 is 10.1 Å². The Hall–Kier alpha value is -3.59. The molecular formula is C24H24FNO6S. The lowest BCUT2D eigenvalue weighted by atomic mass is 10.1. The van der Waals surface area contributed by atoms with Crippen molar-refractivity contribution in [3.05, 3.63) is 89.2 Å². The third-order valence-electron chi connectivity index (χ3n) is 4.72. The molecule has 0 bridgehead atoms. The summed E-state index contributed by atoms with van der Waals surface area (Å²) in [7, 11) is -0.640. The molecule has 3 rings (SSSR count). The fraction of sp³-hybridized carbons (Fsp3) is 0.208. The van der Waals surface area contributed by atoms with E-state index in [9.17, 15) is 17.6 Å². The van der Waals surface area contributed by atoms with Crippen LogP contribution in [0.3, 0.4) is 0 Å². The van der Waals surface area contributed by atoms with Gasteiger partial charge in [0.1, 0.15) is 23.1 Å². The summed E-state index contributed by atoms with van der Waals surface area (Å²) in [6.45, 7) is 0.440. The lowest BCUT2D eigenvalue weighted by Gasteiger charge is -2.24. The average molecular weight is 474 g/mol. The number of amides is 1. The molecule has 3 aromatic carbocycles. The zero-order chi connectivity index (χ0) is 24.0. The maximum Gasteiger partial charge on any atom is 0.306 e. The molecule has 1 amide bonds. The first kappa shape index (κ1) is 24.1. The highest BCUT2D eigenvalue weighted by molar-refractivity contribution is 7.86. The van der Waals surface area contributed by atoms with Crippen molar-refractivity contribution in [3.63, 3.8) is 0 Å². The molecule has 3 aromatic rings. The summed E-state index contributed by atoms with van der Waals surface area (Å²) < 4.78 is 51.4. The molecule has 0 heterocycles. The highest BCUT2D eigenvalue weighted by atomic mass is 32.2. The van der Waals surface area contributed by atoms with Gasteiger partial charge in [-0.1, -0.05) is 24.3 Å². The quantitative estimate of drug-likeness (QED) is 0.437. The molecule has 174 valence electrons. The van der Waals surface area contributed by atoms with Gasteiger partial charge in [-0.05, 0) is 47.5 Å². The number of hydrogen-bond donors (Lipinski definition) is 0. The Morgan fingerprint density at radius 1 is 0.818 bits per heavy atom. The number of carbonyl (C=O) groups excluding carboxylic acids is 1. The van der Waals surface area contributed by atoms with Gasteiger partial charge in [-0.3, -0.25) is 4.79 Å². The lowest BCUT2D eigenvalue weighted by molar-refractivity contribution is 0.0729. The molecule has 33 heavy (non-hydrogen) atoms. The Bertz CT molecular complexity index is 1190. The molecule has 0 N–H and O–H groups in total. The van der Waals surface area contributed by atoms with E-state index in [1.54, 1.807) is 47.4 Å². The first-order chi connectivity index (χ1) is 15.7. The van der Waals surface area contributed by atoms with Crippen LogP contribution in [0.15, 0.2) is 66.7 Å². The number of nitrogens with zero attached hydrogens (tertiary/aromatic N) is 1. The summed E-state index contributed by atoms with van der Waals surface area (Å²) >= 11 is 0. The molecule has 0 radical (unpaired) electrons. The summed E-state index contributed by atoms with van der Waals surface area (Å²) in [5, 5.41) is 0. The van der Waals surface area contributed by atoms with Crippen molar-refractivity contribution in [2.75, 3.05) is 20.5 Å². The monoisotopic (exact) mass is 473 g/mol. The molecule has 0 aliphatic rings. The number of carbonyl (C=O) groups is 1. The van der Waals surface area contributed by atoms with Gasteiger partial charge in [-0.2, -0.15) is 8.42 Å². The van der Waals surface area contributed by atoms with E-state index in [4.69, 9.17) is 13.7 Å². The second-order valence-corrected chi connectivity index (χ2v) is 8.90. The van der Waals surface area contributed by atoms with Crippen molar-refractivity contribution in [1.29, 1.82) is 0 Å². The third kappa shape index (κ3) is 6.95. The van der Waals surface area contributed by atoms with Gasteiger partial charge < -0.3 is 18.6 Å². The van der Waals surface area contributed by atoms with Crippen molar-refractivity contribution < 1.29 is 31.3 Å². The van der Waals surface area contributed by atoms with Crippen molar-refractivity contribution in [2.24, 2.45) is 0 Å². The molecule has 9 heteroatoms.